The molecule has 3 heterocycles. The van der Waals surface area contributed by atoms with Crippen LogP contribution in [0.4, 0.5) is 14.6 Å². The lowest BCUT2D eigenvalue weighted by atomic mass is 10.0. The quantitative estimate of drug-likeness (QED) is 0.316. The number of nitrogen functional groups attached to an aromatic ring is 1. The summed E-state index contributed by atoms with van der Waals surface area (Å²) in [5, 5.41) is 14.5. The molecule has 41 heavy (non-hydrogen) atoms. The Kier molecular flexibility index (Phi) is 7.53. The summed E-state index contributed by atoms with van der Waals surface area (Å²) in [7, 11) is 0. The van der Waals surface area contributed by atoms with Crippen LogP contribution in [0.3, 0.4) is 0 Å². The molecule has 0 unspecified atom stereocenters. The molecule has 1 amide bonds. The van der Waals surface area contributed by atoms with Gasteiger partial charge in [0.05, 0.1) is 18.8 Å². The van der Waals surface area contributed by atoms with Crippen LogP contribution in [0.15, 0.2) is 48.7 Å². The Bertz CT molecular complexity index is 1550. The number of morpholine rings is 1. The van der Waals surface area contributed by atoms with Gasteiger partial charge in [0, 0.05) is 43.0 Å². The van der Waals surface area contributed by atoms with Gasteiger partial charge in [0.2, 0.25) is 5.82 Å². The number of hydrogen-bond acceptors (Lipinski definition) is 9. The highest BCUT2D eigenvalue weighted by Crippen LogP contribution is 2.32. The van der Waals surface area contributed by atoms with Gasteiger partial charge in [-0.1, -0.05) is 12.1 Å². The SMILES string of the molecule is Nc1ncc(-c2ccc(C(=O)NC3CC3)cc2)cc1-c1nnnn1-c1ccc(OCCN2CCOCC2)c(F)c1F. The van der Waals surface area contributed by atoms with Crippen LogP contribution in [0, 0.1) is 11.6 Å². The van der Waals surface area contributed by atoms with Gasteiger partial charge in [-0.25, -0.2) is 9.37 Å². The number of rotatable bonds is 9. The lowest BCUT2D eigenvalue weighted by Gasteiger charge is -2.26. The Morgan fingerprint density at radius 2 is 1.85 bits per heavy atom. The number of nitrogens with zero attached hydrogens (tertiary/aromatic N) is 6. The van der Waals surface area contributed by atoms with E-state index in [9.17, 15) is 4.79 Å². The van der Waals surface area contributed by atoms with Gasteiger partial charge in [-0.3, -0.25) is 9.69 Å². The molecule has 2 aromatic carbocycles. The maximum absolute atomic E-state index is 15.3. The first kappa shape index (κ1) is 26.7. The average Bonchev–Trinajstić information content (AvgIpc) is 3.68. The Morgan fingerprint density at radius 3 is 2.61 bits per heavy atom. The minimum absolute atomic E-state index is 0.0802. The van der Waals surface area contributed by atoms with Crippen LogP contribution >= 0.6 is 0 Å². The van der Waals surface area contributed by atoms with Crippen molar-refractivity contribution in [2.24, 2.45) is 0 Å². The van der Waals surface area contributed by atoms with Crippen LogP contribution in [0.25, 0.3) is 28.2 Å². The largest absolute Gasteiger partial charge is 0.489 e. The molecule has 1 saturated carbocycles. The molecular formula is C28H28F2N8O3. The van der Waals surface area contributed by atoms with Crippen molar-refractivity contribution in [1.82, 2.24) is 35.4 Å². The molecule has 2 fully saturated rings. The van der Waals surface area contributed by atoms with E-state index in [4.69, 9.17) is 15.2 Å². The first-order chi connectivity index (χ1) is 20.0. The molecule has 0 bridgehead atoms. The number of aromatic nitrogens is 5. The molecule has 0 spiro atoms. The molecule has 212 valence electrons. The molecule has 0 radical (unpaired) electrons. The minimum Gasteiger partial charge on any atom is -0.489 e. The summed E-state index contributed by atoms with van der Waals surface area (Å²) >= 11 is 0. The molecule has 2 aromatic heterocycles. The number of pyridine rings is 1. The lowest BCUT2D eigenvalue weighted by molar-refractivity contribution is 0.0320. The Balaban J connectivity index is 1.22. The van der Waals surface area contributed by atoms with Crippen molar-refractivity contribution in [3.63, 3.8) is 0 Å². The zero-order valence-corrected chi connectivity index (χ0v) is 22.1. The van der Waals surface area contributed by atoms with Crippen molar-refractivity contribution >= 4 is 11.7 Å². The summed E-state index contributed by atoms with van der Waals surface area (Å²) in [6, 6.07) is 11.7. The number of benzene rings is 2. The number of anilines is 1. The van der Waals surface area contributed by atoms with Gasteiger partial charge in [-0.2, -0.15) is 9.07 Å². The monoisotopic (exact) mass is 562 g/mol. The second kappa shape index (κ2) is 11.6. The summed E-state index contributed by atoms with van der Waals surface area (Å²) in [6.45, 7) is 3.59. The van der Waals surface area contributed by atoms with Crippen molar-refractivity contribution < 1.29 is 23.0 Å². The van der Waals surface area contributed by atoms with Crippen LogP contribution in [0.5, 0.6) is 5.75 Å². The summed E-state index contributed by atoms with van der Waals surface area (Å²) in [4.78, 5) is 18.7. The van der Waals surface area contributed by atoms with Gasteiger partial charge in [0.1, 0.15) is 18.1 Å². The van der Waals surface area contributed by atoms with Gasteiger partial charge >= 0.3 is 0 Å². The third-order valence-corrected chi connectivity index (χ3v) is 7.05. The maximum atomic E-state index is 15.3. The second-order valence-corrected chi connectivity index (χ2v) is 9.91. The van der Waals surface area contributed by atoms with Crippen LogP contribution in [0.2, 0.25) is 0 Å². The predicted octanol–water partition coefficient (Wildman–Crippen LogP) is 2.85. The number of ether oxygens (including phenoxy) is 2. The number of tetrazole rings is 1. The van der Waals surface area contributed by atoms with E-state index < -0.39 is 11.6 Å². The number of amides is 1. The number of hydrogen-bond donors (Lipinski definition) is 2. The van der Waals surface area contributed by atoms with E-state index in [0.717, 1.165) is 36.2 Å². The number of nitrogens with two attached hydrogens (primary N) is 1. The van der Waals surface area contributed by atoms with Crippen molar-refractivity contribution in [2.45, 2.75) is 18.9 Å². The fourth-order valence-electron chi connectivity index (χ4n) is 4.55. The zero-order chi connectivity index (χ0) is 28.3. The van der Waals surface area contributed by atoms with Gasteiger partial charge in [-0.05, 0) is 59.2 Å². The summed E-state index contributed by atoms with van der Waals surface area (Å²) in [5.74, 6) is -2.43. The van der Waals surface area contributed by atoms with E-state index in [0.29, 0.717) is 36.4 Å². The van der Waals surface area contributed by atoms with Crippen molar-refractivity contribution in [3.05, 3.63) is 65.9 Å². The smallest absolute Gasteiger partial charge is 0.251 e. The van der Waals surface area contributed by atoms with Gasteiger partial charge in [0.15, 0.2) is 17.4 Å². The highest BCUT2D eigenvalue weighted by Gasteiger charge is 2.24. The minimum atomic E-state index is -1.16. The maximum Gasteiger partial charge on any atom is 0.251 e. The van der Waals surface area contributed by atoms with Gasteiger partial charge in [0.25, 0.3) is 5.91 Å². The molecule has 6 rings (SSSR count). The Morgan fingerprint density at radius 1 is 1.07 bits per heavy atom. The fraction of sp³-hybridized carbons (Fsp3) is 0.321. The van der Waals surface area contributed by atoms with E-state index in [-0.39, 0.29) is 41.6 Å². The highest BCUT2D eigenvalue weighted by molar-refractivity contribution is 5.95. The van der Waals surface area contributed by atoms with E-state index in [1.54, 1.807) is 36.5 Å². The first-order valence-corrected chi connectivity index (χ1v) is 13.3. The summed E-state index contributed by atoms with van der Waals surface area (Å²) < 4.78 is 42.2. The summed E-state index contributed by atoms with van der Waals surface area (Å²) in [5.41, 5.74) is 8.28. The highest BCUT2D eigenvalue weighted by atomic mass is 19.2. The molecule has 1 saturated heterocycles. The normalized spacial score (nSPS) is 15.6. The molecular weight excluding hydrogens is 534 g/mol. The third-order valence-electron chi connectivity index (χ3n) is 7.05. The fourth-order valence-corrected chi connectivity index (χ4v) is 4.55. The van der Waals surface area contributed by atoms with E-state index in [2.05, 4.69) is 30.7 Å². The molecule has 3 N–H and O–H groups in total. The number of nitrogens with one attached hydrogen (secondary N) is 1. The van der Waals surface area contributed by atoms with E-state index >= 15 is 8.78 Å². The van der Waals surface area contributed by atoms with Gasteiger partial charge in [-0.15, -0.1) is 5.10 Å². The van der Waals surface area contributed by atoms with E-state index in [1.807, 2.05) is 0 Å². The predicted molar refractivity (Wildman–Crippen MR) is 145 cm³/mol. The van der Waals surface area contributed by atoms with Crippen molar-refractivity contribution in [1.29, 1.82) is 0 Å². The molecule has 13 heteroatoms. The van der Waals surface area contributed by atoms with Crippen LogP contribution in [-0.2, 0) is 4.74 Å². The van der Waals surface area contributed by atoms with Crippen molar-refractivity contribution in [2.75, 3.05) is 45.2 Å². The second-order valence-electron chi connectivity index (χ2n) is 9.91. The molecule has 2 aliphatic rings. The van der Waals surface area contributed by atoms with Crippen LogP contribution in [-0.4, -0.2) is 81.5 Å². The summed E-state index contributed by atoms with van der Waals surface area (Å²) in [6.07, 6.45) is 3.59. The third kappa shape index (κ3) is 5.86. The standard InChI is InChI=1S/C28H28F2N8O3/c29-24-22(7-8-23(25(24)30)41-14-11-37-9-12-40-13-10-37)38-27(34-35-36-38)21-15-19(16-32-26(21)31)17-1-3-18(4-2-17)28(39)33-20-5-6-20/h1-4,7-8,15-16,20H,5-6,9-14H2,(H2,31,32)(H,33,39). The number of halogens is 2. The van der Waals surface area contributed by atoms with Gasteiger partial charge < -0.3 is 20.5 Å². The zero-order valence-electron chi connectivity index (χ0n) is 22.1. The number of carbonyl (C=O) groups excluding carboxylic acids is 1. The van der Waals surface area contributed by atoms with Crippen molar-refractivity contribution in [3.8, 4) is 34.0 Å². The van der Waals surface area contributed by atoms with E-state index in [1.165, 1.54) is 12.1 Å². The first-order valence-electron chi connectivity index (χ1n) is 13.3. The Hall–Kier alpha value is -4.49. The molecule has 0 atom stereocenters. The lowest BCUT2D eigenvalue weighted by Crippen LogP contribution is -2.38. The molecule has 4 aromatic rings. The van der Waals surface area contributed by atoms with Crippen LogP contribution < -0.4 is 15.8 Å². The Labute approximate surface area is 234 Å². The molecule has 11 nitrogen and oxygen atoms in total. The molecule has 1 aliphatic carbocycles. The average molecular weight is 563 g/mol. The number of carbonyl (C=O) groups is 1. The topological polar surface area (TPSA) is 133 Å². The molecule has 1 aliphatic heterocycles. The van der Waals surface area contributed by atoms with Crippen LogP contribution in [0.1, 0.15) is 23.2 Å².